The van der Waals surface area contributed by atoms with Crippen LogP contribution in [0.15, 0.2) is 0 Å². The molecule has 1 aromatic heterocycles. The Morgan fingerprint density at radius 2 is 1.75 bits per heavy atom. The molecule has 1 heterocycles. The summed E-state index contributed by atoms with van der Waals surface area (Å²) >= 11 is 0. The number of carbonyl (C=O) groups is 1. The summed E-state index contributed by atoms with van der Waals surface area (Å²) in [5.41, 5.74) is 0. The predicted octanol–water partition coefficient (Wildman–Crippen LogP) is -0.0599. The summed E-state index contributed by atoms with van der Waals surface area (Å²) in [6.07, 6.45) is 0. The molecule has 0 fully saturated rings. The van der Waals surface area contributed by atoms with Crippen LogP contribution < -0.4 is 20.4 Å². The highest BCUT2D eigenvalue weighted by Crippen LogP contribution is 2.13. The Morgan fingerprint density at radius 1 is 1.15 bits per heavy atom. The van der Waals surface area contributed by atoms with Crippen molar-refractivity contribution in [1.29, 1.82) is 0 Å². The lowest BCUT2D eigenvalue weighted by molar-refractivity contribution is -0.120. The summed E-state index contributed by atoms with van der Waals surface area (Å²) in [5.74, 6) is 1.39. The Labute approximate surface area is 119 Å². The summed E-state index contributed by atoms with van der Waals surface area (Å²) in [6, 6.07) is 0.111. The molecule has 0 unspecified atom stereocenters. The van der Waals surface area contributed by atoms with E-state index in [1.807, 2.05) is 27.9 Å². The monoisotopic (exact) mass is 281 g/mol. The van der Waals surface area contributed by atoms with E-state index in [4.69, 9.17) is 0 Å². The molecule has 0 radical (unpaired) electrons. The van der Waals surface area contributed by atoms with Gasteiger partial charge in [0.05, 0.1) is 6.54 Å². The molecule has 0 spiro atoms. The molecule has 0 saturated carbocycles. The van der Waals surface area contributed by atoms with E-state index in [0.29, 0.717) is 17.8 Å². The third kappa shape index (κ3) is 4.52. The molecule has 1 amide bonds. The van der Waals surface area contributed by atoms with Crippen LogP contribution in [0.2, 0.25) is 0 Å². The van der Waals surface area contributed by atoms with Crippen LogP contribution in [-0.2, 0) is 4.79 Å². The number of nitrogens with zero attached hydrogens (tertiary/aromatic N) is 5. The minimum atomic E-state index is -0.0691. The smallest absolute Gasteiger partial charge is 0.239 e. The predicted molar refractivity (Wildman–Crippen MR) is 80.2 cm³/mol. The molecule has 8 heteroatoms. The number of hydrogen-bond acceptors (Lipinski definition) is 7. The van der Waals surface area contributed by atoms with Crippen LogP contribution in [0.3, 0.4) is 0 Å². The van der Waals surface area contributed by atoms with Crippen molar-refractivity contribution in [1.82, 2.24) is 20.3 Å². The van der Waals surface area contributed by atoms with Crippen molar-refractivity contribution in [3.8, 4) is 0 Å². The maximum Gasteiger partial charge on any atom is 0.239 e. The van der Waals surface area contributed by atoms with Gasteiger partial charge in [0.2, 0.25) is 23.8 Å². The van der Waals surface area contributed by atoms with Crippen LogP contribution in [0.5, 0.6) is 0 Å². The fourth-order valence-electron chi connectivity index (χ4n) is 1.49. The summed E-state index contributed by atoms with van der Waals surface area (Å²) in [6.45, 7) is 4.03. The summed E-state index contributed by atoms with van der Waals surface area (Å²) in [5, 5.41) is 5.72. The van der Waals surface area contributed by atoms with E-state index >= 15 is 0 Å². The fourth-order valence-corrected chi connectivity index (χ4v) is 1.49. The van der Waals surface area contributed by atoms with Gasteiger partial charge in [0.15, 0.2) is 0 Å². The first-order valence-corrected chi connectivity index (χ1v) is 6.45. The molecule has 0 aliphatic rings. The van der Waals surface area contributed by atoms with Gasteiger partial charge in [0, 0.05) is 34.2 Å². The number of aromatic nitrogens is 3. The second-order valence-corrected chi connectivity index (χ2v) is 4.98. The number of nitrogens with one attached hydrogen (secondary N) is 2. The first-order chi connectivity index (χ1) is 9.33. The zero-order valence-corrected chi connectivity index (χ0v) is 12.9. The second-order valence-electron chi connectivity index (χ2n) is 4.98. The Morgan fingerprint density at radius 3 is 2.25 bits per heavy atom. The molecule has 1 rings (SSSR count). The van der Waals surface area contributed by atoms with E-state index in [2.05, 4.69) is 25.6 Å². The van der Waals surface area contributed by atoms with Gasteiger partial charge in [-0.25, -0.2) is 0 Å². The van der Waals surface area contributed by atoms with Gasteiger partial charge in [0.25, 0.3) is 0 Å². The number of likely N-dealkylation sites (N-methyl/N-ethyl adjacent to an activating group) is 1. The van der Waals surface area contributed by atoms with E-state index in [1.54, 1.807) is 23.9 Å². The SMILES string of the molecule is CNc1nc(N(C)C)nc(N(C)CC(=O)NC(C)C)n1. The number of hydrogen-bond donors (Lipinski definition) is 2. The van der Waals surface area contributed by atoms with Crippen molar-refractivity contribution in [2.24, 2.45) is 0 Å². The third-order valence-corrected chi connectivity index (χ3v) is 2.41. The van der Waals surface area contributed by atoms with Crippen LogP contribution in [0.1, 0.15) is 13.8 Å². The fraction of sp³-hybridized carbons (Fsp3) is 0.667. The van der Waals surface area contributed by atoms with Gasteiger partial charge >= 0.3 is 0 Å². The molecule has 8 nitrogen and oxygen atoms in total. The maximum absolute atomic E-state index is 11.8. The topological polar surface area (TPSA) is 86.3 Å². The Kier molecular flexibility index (Phi) is 5.48. The Hall–Kier alpha value is -2.12. The van der Waals surface area contributed by atoms with Crippen LogP contribution in [0, 0.1) is 0 Å². The molecular weight excluding hydrogens is 258 g/mol. The highest BCUT2D eigenvalue weighted by atomic mass is 16.2. The minimum Gasteiger partial charge on any atom is -0.357 e. The van der Waals surface area contributed by atoms with Gasteiger partial charge < -0.3 is 20.4 Å². The van der Waals surface area contributed by atoms with Crippen molar-refractivity contribution in [3.63, 3.8) is 0 Å². The van der Waals surface area contributed by atoms with E-state index in [-0.39, 0.29) is 18.5 Å². The molecule has 0 saturated heterocycles. The van der Waals surface area contributed by atoms with Crippen molar-refractivity contribution in [3.05, 3.63) is 0 Å². The number of amides is 1. The lowest BCUT2D eigenvalue weighted by Gasteiger charge is -2.20. The van der Waals surface area contributed by atoms with Gasteiger partial charge in [-0.15, -0.1) is 0 Å². The zero-order valence-electron chi connectivity index (χ0n) is 12.9. The van der Waals surface area contributed by atoms with Crippen molar-refractivity contribution in [2.75, 3.05) is 49.9 Å². The average molecular weight is 281 g/mol. The van der Waals surface area contributed by atoms with E-state index < -0.39 is 0 Å². The van der Waals surface area contributed by atoms with E-state index in [0.717, 1.165) is 0 Å². The maximum atomic E-state index is 11.8. The molecule has 0 aliphatic heterocycles. The van der Waals surface area contributed by atoms with Gasteiger partial charge in [-0.05, 0) is 13.8 Å². The summed E-state index contributed by atoms with van der Waals surface area (Å²) in [7, 11) is 7.21. The standard InChI is InChI=1S/C12H23N7O/c1-8(2)14-9(20)7-19(6)12-16-10(13-3)15-11(17-12)18(4)5/h8H,7H2,1-6H3,(H,14,20)(H,13,15,16,17). The van der Waals surface area contributed by atoms with Crippen molar-refractivity contribution >= 4 is 23.8 Å². The molecular formula is C12H23N7O. The molecule has 0 aliphatic carbocycles. The van der Waals surface area contributed by atoms with Crippen LogP contribution in [-0.4, -0.2) is 61.6 Å². The molecule has 1 aromatic rings. The molecule has 2 N–H and O–H groups in total. The molecule has 0 atom stereocenters. The van der Waals surface area contributed by atoms with E-state index in [1.165, 1.54) is 0 Å². The van der Waals surface area contributed by atoms with Gasteiger partial charge in [-0.3, -0.25) is 4.79 Å². The highest BCUT2D eigenvalue weighted by Gasteiger charge is 2.14. The number of carbonyl (C=O) groups excluding carboxylic acids is 1. The van der Waals surface area contributed by atoms with Crippen LogP contribution in [0.25, 0.3) is 0 Å². The van der Waals surface area contributed by atoms with Gasteiger partial charge in [0.1, 0.15) is 0 Å². The second kappa shape index (κ2) is 6.88. The third-order valence-electron chi connectivity index (χ3n) is 2.41. The van der Waals surface area contributed by atoms with E-state index in [9.17, 15) is 4.79 Å². The Balaban J connectivity index is 2.88. The van der Waals surface area contributed by atoms with Gasteiger partial charge in [-0.1, -0.05) is 0 Å². The molecule has 20 heavy (non-hydrogen) atoms. The first kappa shape index (κ1) is 15.9. The first-order valence-electron chi connectivity index (χ1n) is 6.45. The molecule has 112 valence electrons. The van der Waals surface area contributed by atoms with Crippen molar-refractivity contribution in [2.45, 2.75) is 19.9 Å². The Bertz CT molecular complexity index is 461. The molecule has 0 aromatic carbocycles. The number of anilines is 3. The quantitative estimate of drug-likeness (QED) is 0.755. The van der Waals surface area contributed by atoms with Crippen molar-refractivity contribution < 1.29 is 4.79 Å². The largest absolute Gasteiger partial charge is 0.357 e. The lowest BCUT2D eigenvalue weighted by Crippen LogP contribution is -2.39. The summed E-state index contributed by atoms with van der Waals surface area (Å²) < 4.78 is 0. The lowest BCUT2D eigenvalue weighted by atomic mass is 10.4. The van der Waals surface area contributed by atoms with Gasteiger partial charge in [-0.2, -0.15) is 15.0 Å². The average Bonchev–Trinajstić information content (AvgIpc) is 2.36. The summed E-state index contributed by atoms with van der Waals surface area (Å²) in [4.78, 5) is 28.0. The zero-order chi connectivity index (χ0) is 15.3. The highest BCUT2D eigenvalue weighted by molar-refractivity contribution is 5.80. The van der Waals surface area contributed by atoms with Crippen LogP contribution in [0.4, 0.5) is 17.8 Å². The number of rotatable bonds is 6. The van der Waals surface area contributed by atoms with Crippen LogP contribution >= 0.6 is 0 Å². The normalized spacial score (nSPS) is 10.3. The molecule has 0 bridgehead atoms. The minimum absolute atomic E-state index is 0.0691.